The Morgan fingerprint density at radius 3 is 2.71 bits per heavy atom. The Balaban J connectivity index is 1.80. The Morgan fingerprint density at radius 2 is 2.14 bits per heavy atom. The van der Waals surface area contributed by atoms with Gasteiger partial charge in [-0.15, -0.1) is 0 Å². The fourth-order valence-electron chi connectivity index (χ4n) is 2.47. The number of nitrogens with one attached hydrogen (secondary N) is 2. The fraction of sp³-hybridized carbons (Fsp3) is 0.625. The summed E-state index contributed by atoms with van der Waals surface area (Å²) in [5, 5.41) is 6.80. The van der Waals surface area contributed by atoms with Gasteiger partial charge in [0.1, 0.15) is 0 Å². The van der Waals surface area contributed by atoms with Gasteiger partial charge >= 0.3 is 0 Å². The van der Waals surface area contributed by atoms with Crippen LogP contribution in [-0.4, -0.2) is 30.1 Å². The van der Waals surface area contributed by atoms with E-state index in [4.69, 9.17) is 4.74 Å². The summed E-state index contributed by atoms with van der Waals surface area (Å²) < 4.78 is 5.54. The van der Waals surface area contributed by atoms with Crippen LogP contribution in [0.1, 0.15) is 45.1 Å². The van der Waals surface area contributed by atoms with Crippen molar-refractivity contribution in [3.63, 3.8) is 0 Å². The molecular formula is C16H26N4O. The lowest BCUT2D eigenvalue weighted by Gasteiger charge is -2.17. The van der Waals surface area contributed by atoms with Crippen LogP contribution in [0.25, 0.3) is 0 Å². The maximum absolute atomic E-state index is 5.54. The van der Waals surface area contributed by atoms with E-state index in [2.05, 4.69) is 20.6 Å². The minimum Gasteiger partial charge on any atom is -0.475 e. The van der Waals surface area contributed by atoms with E-state index in [1.165, 1.54) is 25.7 Å². The average molecular weight is 290 g/mol. The second-order valence-electron chi connectivity index (χ2n) is 5.72. The number of rotatable bonds is 5. The van der Waals surface area contributed by atoms with Crippen molar-refractivity contribution in [3.8, 4) is 5.88 Å². The van der Waals surface area contributed by atoms with Gasteiger partial charge in [-0.1, -0.05) is 18.9 Å². The van der Waals surface area contributed by atoms with Crippen LogP contribution in [0.3, 0.4) is 0 Å². The van der Waals surface area contributed by atoms with E-state index < -0.39 is 0 Å². The highest BCUT2D eigenvalue weighted by molar-refractivity contribution is 5.79. The Morgan fingerprint density at radius 1 is 1.38 bits per heavy atom. The number of ether oxygens (including phenoxy) is 1. The Labute approximate surface area is 127 Å². The second kappa shape index (κ2) is 7.86. The molecule has 1 aliphatic carbocycles. The van der Waals surface area contributed by atoms with Gasteiger partial charge in [-0.05, 0) is 32.3 Å². The van der Waals surface area contributed by atoms with Gasteiger partial charge in [0.15, 0.2) is 5.96 Å². The van der Waals surface area contributed by atoms with Crippen molar-refractivity contribution in [1.29, 1.82) is 0 Å². The first-order valence-electron chi connectivity index (χ1n) is 7.76. The Kier molecular flexibility index (Phi) is 5.84. The van der Waals surface area contributed by atoms with Gasteiger partial charge in [0.2, 0.25) is 5.88 Å². The molecule has 0 unspecified atom stereocenters. The predicted molar refractivity (Wildman–Crippen MR) is 85.6 cm³/mol. The van der Waals surface area contributed by atoms with Crippen LogP contribution in [0.2, 0.25) is 0 Å². The van der Waals surface area contributed by atoms with Crippen molar-refractivity contribution in [2.45, 2.75) is 58.2 Å². The van der Waals surface area contributed by atoms with Crippen molar-refractivity contribution >= 4 is 5.96 Å². The summed E-state index contributed by atoms with van der Waals surface area (Å²) >= 11 is 0. The first kappa shape index (κ1) is 15.6. The van der Waals surface area contributed by atoms with Crippen LogP contribution in [-0.2, 0) is 6.54 Å². The van der Waals surface area contributed by atoms with Crippen molar-refractivity contribution in [3.05, 3.63) is 23.9 Å². The summed E-state index contributed by atoms with van der Waals surface area (Å²) in [6, 6.07) is 4.50. The molecule has 1 aromatic heterocycles. The Hall–Kier alpha value is -1.78. The normalized spacial score (nSPS) is 16.3. The van der Waals surface area contributed by atoms with Crippen LogP contribution in [0.5, 0.6) is 5.88 Å². The molecule has 0 aromatic carbocycles. The maximum atomic E-state index is 5.54. The summed E-state index contributed by atoms with van der Waals surface area (Å²) in [5.41, 5.74) is 1.11. The maximum Gasteiger partial charge on any atom is 0.213 e. The highest BCUT2D eigenvalue weighted by atomic mass is 16.5. The molecule has 116 valence electrons. The number of aromatic nitrogens is 1. The lowest BCUT2D eigenvalue weighted by atomic mass is 10.2. The number of pyridine rings is 1. The molecule has 21 heavy (non-hydrogen) atoms. The van der Waals surface area contributed by atoms with E-state index in [0.29, 0.717) is 18.5 Å². The first-order chi connectivity index (χ1) is 10.2. The van der Waals surface area contributed by atoms with Gasteiger partial charge < -0.3 is 15.4 Å². The number of nitrogens with zero attached hydrogens (tertiary/aromatic N) is 2. The Bertz CT molecular complexity index is 450. The topological polar surface area (TPSA) is 58.5 Å². The van der Waals surface area contributed by atoms with Gasteiger partial charge in [0, 0.05) is 31.9 Å². The number of guanidine groups is 1. The molecule has 0 amide bonds. The van der Waals surface area contributed by atoms with E-state index >= 15 is 0 Å². The largest absolute Gasteiger partial charge is 0.475 e. The van der Waals surface area contributed by atoms with E-state index in [1.807, 2.05) is 39.2 Å². The van der Waals surface area contributed by atoms with E-state index in [1.54, 1.807) is 0 Å². The molecule has 1 aromatic rings. The van der Waals surface area contributed by atoms with Gasteiger partial charge in [-0.2, -0.15) is 0 Å². The van der Waals surface area contributed by atoms with Crippen molar-refractivity contribution < 1.29 is 4.74 Å². The molecule has 0 aliphatic heterocycles. The predicted octanol–water partition coefficient (Wildman–Crippen LogP) is 2.48. The molecule has 2 rings (SSSR count). The molecule has 0 bridgehead atoms. The summed E-state index contributed by atoms with van der Waals surface area (Å²) in [5.74, 6) is 1.53. The zero-order valence-corrected chi connectivity index (χ0v) is 13.2. The van der Waals surface area contributed by atoms with E-state index in [9.17, 15) is 0 Å². The second-order valence-corrected chi connectivity index (χ2v) is 5.72. The summed E-state index contributed by atoms with van der Waals surface area (Å²) in [7, 11) is 1.81. The van der Waals surface area contributed by atoms with Crippen LogP contribution in [0.4, 0.5) is 0 Å². The molecule has 0 radical (unpaired) electrons. The van der Waals surface area contributed by atoms with Crippen LogP contribution >= 0.6 is 0 Å². The minimum atomic E-state index is 0.149. The van der Waals surface area contributed by atoms with Gasteiger partial charge in [0.05, 0.1) is 6.10 Å². The first-order valence-corrected chi connectivity index (χ1v) is 7.76. The van der Waals surface area contributed by atoms with E-state index in [-0.39, 0.29) is 6.10 Å². The van der Waals surface area contributed by atoms with Crippen LogP contribution in [0, 0.1) is 0 Å². The third kappa shape index (κ3) is 5.25. The molecular weight excluding hydrogens is 264 g/mol. The van der Waals surface area contributed by atoms with Gasteiger partial charge in [-0.25, -0.2) is 4.98 Å². The smallest absolute Gasteiger partial charge is 0.213 e. The molecule has 0 spiro atoms. The van der Waals surface area contributed by atoms with Gasteiger partial charge in [-0.3, -0.25) is 4.99 Å². The highest BCUT2D eigenvalue weighted by Gasteiger charge is 2.15. The summed E-state index contributed by atoms with van der Waals surface area (Å²) in [6.45, 7) is 4.70. The molecule has 1 heterocycles. The molecule has 2 N–H and O–H groups in total. The van der Waals surface area contributed by atoms with Crippen molar-refractivity contribution in [1.82, 2.24) is 15.6 Å². The molecule has 0 atom stereocenters. The minimum absolute atomic E-state index is 0.149. The zero-order valence-electron chi connectivity index (χ0n) is 13.2. The van der Waals surface area contributed by atoms with Crippen molar-refractivity contribution in [2.75, 3.05) is 7.05 Å². The molecule has 5 nitrogen and oxygen atoms in total. The quantitative estimate of drug-likeness (QED) is 0.646. The summed E-state index contributed by atoms with van der Waals surface area (Å²) in [4.78, 5) is 8.58. The standard InChI is InChI=1S/C16H26N4O/c1-12(2)21-15-9-8-13(10-18-15)11-19-16(17-3)20-14-6-4-5-7-14/h8-10,12,14H,4-7,11H2,1-3H3,(H2,17,19,20). The summed E-state index contributed by atoms with van der Waals surface area (Å²) in [6.07, 6.45) is 7.10. The monoisotopic (exact) mass is 290 g/mol. The average Bonchev–Trinajstić information content (AvgIpc) is 2.97. The number of hydrogen-bond acceptors (Lipinski definition) is 3. The SMILES string of the molecule is CN=C(NCc1ccc(OC(C)C)nc1)NC1CCCC1. The third-order valence-corrected chi connectivity index (χ3v) is 3.53. The molecule has 1 fully saturated rings. The lowest BCUT2D eigenvalue weighted by molar-refractivity contribution is 0.232. The van der Waals surface area contributed by atoms with Gasteiger partial charge in [0.25, 0.3) is 0 Å². The third-order valence-electron chi connectivity index (χ3n) is 3.53. The van der Waals surface area contributed by atoms with E-state index in [0.717, 1.165) is 11.5 Å². The fourth-order valence-corrected chi connectivity index (χ4v) is 2.47. The molecule has 1 saturated carbocycles. The molecule has 1 aliphatic rings. The lowest BCUT2D eigenvalue weighted by Crippen LogP contribution is -2.41. The number of hydrogen-bond donors (Lipinski definition) is 2. The van der Waals surface area contributed by atoms with Crippen molar-refractivity contribution in [2.24, 2.45) is 4.99 Å². The van der Waals surface area contributed by atoms with Crippen LogP contribution < -0.4 is 15.4 Å². The molecule has 5 heteroatoms. The van der Waals surface area contributed by atoms with Crippen LogP contribution in [0.15, 0.2) is 23.3 Å². The highest BCUT2D eigenvalue weighted by Crippen LogP contribution is 2.17. The number of aliphatic imine (C=N–C) groups is 1. The molecule has 0 saturated heterocycles. The zero-order chi connectivity index (χ0) is 15.1.